The summed E-state index contributed by atoms with van der Waals surface area (Å²) >= 11 is 0. The number of hydrogen-bond donors (Lipinski definition) is 5. The third-order valence-electron chi connectivity index (χ3n) is 5.69. The van der Waals surface area contributed by atoms with Crippen LogP contribution in [-0.4, -0.2) is 50.0 Å². The molecule has 0 aliphatic heterocycles. The maximum absolute atomic E-state index is 11.4. The van der Waals surface area contributed by atoms with Crippen LogP contribution < -0.4 is 10.5 Å². The van der Waals surface area contributed by atoms with Crippen molar-refractivity contribution in [2.24, 2.45) is 5.14 Å². The number of hydrogen-bond acceptors (Lipinski definition) is 7. The zero-order chi connectivity index (χ0) is 24.8. The Morgan fingerprint density at radius 1 is 0.882 bits per heavy atom. The molecule has 0 heterocycles. The summed E-state index contributed by atoms with van der Waals surface area (Å²) in [5, 5.41) is 37.4. The lowest BCUT2D eigenvalue weighted by Gasteiger charge is -2.10. The van der Waals surface area contributed by atoms with Crippen LogP contribution in [0.25, 0.3) is 0 Å². The highest BCUT2D eigenvalue weighted by Gasteiger charge is 2.11. The van der Waals surface area contributed by atoms with Crippen LogP contribution in [0.2, 0.25) is 0 Å². The third-order valence-corrected chi connectivity index (χ3v) is 6.61. The molecule has 6 N–H and O–H groups in total. The number of aliphatic hydroxyl groups excluding tert-OH is 1. The van der Waals surface area contributed by atoms with Gasteiger partial charge < -0.3 is 25.4 Å². The first kappa shape index (κ1) is 28.1. The predicted octanol–water partition coefficient (Wildman–Crippen LogP) is 2.97. The lowest BCUT2D eigenvalue weighted by atomic mass is 10.1. The first-order valence-corrected chi connectivity index (χ1v) is 13.4. The van der Waals surface area contributed by atoms with E-state index in [0.717, 1.165) is 70.2 Å². The van der Waals surface area contributed by atoms with Gasteiger partial charge in [0.25, 0.3) is 0 Å². The minimum Gasteiger partial charge on any atom is -0.507 e. The van der Waals surface area contributed by atoms with E-state index in [-0.39, 0.29) is 28.6 Å². The van der Waals surface area contributed by atoms with E-state index in [1.54, 1.807) is 18.2 Å². The number of phenols is 2. The molecule has 8 nitrogen and oxygen atoms in total. The van der Waals surface area contributed by atoms with Crippen molar-refractivity contribution in [3.05, 3.63) is 53.1 Å². The summed E-state index contributed by atoms with van der Waals surface area (Å²) in [4.78, 5) is 0.148. The molecule has 0 fully saturated rings. The Kier molecular flexibility index (Phi) is 12.3. The van der Waals surface area contributed by atoms with Gasteiger partial charge in [0.1, 0.15) is 11.5 Å². The molecule has 190 valence electrons. The number of rotatable bonds is 17. The molecular weight excluding hydrogens is 456 g/mol. The summed E-state index contributed by atoms with van der Waals surface area (Å²) < 4.78 is 28.5. The van der Waals surface area contributed by atoms with Gasteiger partial charge in [-0.15, -0.1) is 0 Å². The summed E-state index contributed by atoms with van der Waals surface area (Å²) in [6.07, 6.45) is 7.77. The van der Waals surface area contributed by atoms with Crippen molar-refractivity contribution >= 4 is 10.0 Å². The van der Waals surface area contributed by atoms with Gasteiger partial charge in [-0.1, -0.05) is 37.5 Å². The van der Waals surface area contributed by atoms with Crippen molar-refractivity contribution in [3.63, 3.8) is 0 Å². The summed E-state index contributed by atoms with van der Waals surface area (Å²) in [5.74, 6) is -0.113. The van der Waals surface area contributed by atoms with Crippen molar-refractivity contribution < 1.29 is 28.5 Å². The van der Waals surface area contributed by atoms with Crippen molar-refractivity contribution in [1.82, 2.24) is 5.32 Å². The van der Waals surface area contributed by atoms with Crippen molar-refractivity contribution in [3.8, 4) is 11.5 Å². The molecule has 0 saturated carbocycles. The Labute approximate surface area is 202 Å². The van der Waals surface area contributed by atoms with Gasteiger partial charge >= 0.3 is 0 Å². The lowest BCUT2D eigenvalue weighted by molar-refractivity contribution is 0.127. The van der Waals surface area contributed by atoms with Gasteiger partial charge in [0.2, 0.25) is 10.0 Å². The molecule has 0 atom stereocenters. The number of primary sulfonamides is 1. The Balaban J connectivity index is 1.42. The van der Waals surface area contributed by atoms with Crippen LogP contribution in [0.15, 0.2) is 41.3 Å². The van der Waals surface area contributed by atoms with Crippen LogP contribution >= 0.6 is 0 Å². The topological polar surface area (TPSA) is 142 Å². The number of unbranched alkanes of at least 4 members (excludes halogenated alkanes) is 4. The molecule has 0 aliphatic carbocycles. The van der Waals surface area contributed by atoms with Gasteiger partial charge in [0.15, 0.2) is 0 Å². The van der Waals surface area contributed by atoms with Crippen LogP contribution in [0.5, 0.6) is 11.5 Å². The summed E-state index contributed by atoms with van der Waals surface area (Å²) in [7, 11) is -3.66. The van der Waals surface area contributed by atoms with E-state index in [1.807, 2.05) is 6.07 Å². The zero-order valence-corrected chi connectivity index (χ0v) is 20.5. The first-order valence-electron chi connectivity index (χ1n) is 11.9. The van der Waals surface area contributed by atoms with Crippen molar-refractivity contribution in [2.75, 3.05) is 26.3 Å². The molecule has 0 bridgehead atoms. The maximum Gasteiger partial charge on any atom is 0.238 e. The Morgan fingerprint density at radius 2 is 1.62 bits per heavy atom. The molecule has 0 unspecified atom stereocenters. The van der Waals surface area contributed by atoms with Crippen LogP contribution in [0.3, 0.4) is 0 Å². The quantitative estimate of drug-likeness (QED) is 0.213. The standard InChI is InChI=1S/C25H38N2O6S/c26-34(31,32)22-10-6-8-20(18-22)9-7-17-33-16-5-3-1-2-4-14-27-15-13-21-11-12-24(29)23(19-28)25(21)30/h6,8,10-12,18,27-30H,1-5,7,9,13-17,19H2,(H2,26,31,32). The van der Waals surface area contributed by atoms with Gasteiger partial charge in [0, 0.05) is 13.2 Å². The van der Waals surface area contributed by atoms with Gasteiger partial charge in [-0.05, 0) is 74.5 Å². The molecule has 0 aromatic heterocycles. The smallest absolute Gasteiger partial charge is 0.238 e. The van der Waals surface area contributed by atoms with Crippen LogP contribution in [-0.2, 0) is 34.2 Å². The minimum atomic E-state index is -3.66. The van der Waals surface area contributed by atoms with E-state index < -0.39 is 10.0 Å². The molecular formula is C25H38N2O6S. The Bertz CT molecular complexity index is 981. The maximum atomic E-state index is 11.4. The Hall–Kier alpha value is -2.17. The van der Waals surface area contributed by atoms with E-state index in [1.165, 1.54) is 12.1 Å². The van der Waals surface area contributed by atoms with Crippen LogP contribution in [0.4, 0.5) is 0 Å². The van der Waals surface area contributed by atoms with Crippen molar-refractivity contribution in [2.45, 2.75) is 62.9 Å². The lowest BCUT2D eigenvalue weighted by Crippen LogP contribution is -2.18. The molecule has 2 rings (SSSR count). The van der Waals surface area contributed by atoms with E-state index in [0.29, 0.717) is 18.6 Å². The fourth-order valence-corrected chi connectivity index (χ4v) is 4.31. The predicted molar refractivity (Wildman–Crippen MR) is 132 cm³/mol. The minimum absolute atomic E-state index is 0.0252. The number of nitrogens with two attached hydrogens (primary N) is 1. The molecule has 2 aromatic carbocycles. The number of nitrogens with one attached hydrogen (secondary N) is 1. The second kappa shape index (κ2) is 15.0. The molecule has 0 saturated heterocycles. The summed E-state index contributed by atoms with van der Waals surface area (Å²) in [6.45, 7) is 2.64. The average molecular weight is 495 g/mol. The number of ether oxygens (including phenoxy) is 1. The monoisotopic (exact) mass is 494 g/mol. The fourth-order valence-electron chi connectivity index (χ4n) is 3.72. The summed E-state index contributed by atoms with van der Waals surface area (Å²) in [6, 6.07) is 9.91. The molecule has 2 aromatic rings. The SMILES string of the molecule is NS(=O)(=O)c1cccc(CCCOCCCCCCCNCCc2ccc(O)c(CO)c2O)c1. The molecule has 0 radical (unpaired) electrons. The molecule has 34 heavy (non-hydrogen) atoms. The highest BCUT2D eigenvalue weighted by Crippen LogP contribution is 2.30. The number of sulfonamides is 1. The molecule has 9 heteroatoms. The highest BCUT2D eigenvalue weighted by molar-refractivity contribution is 7.89. The summed E-state index contributed by atoms with van der Waals surface area (Å²) in [5.41, 5.74) is 1.83. The van der Waals surface area contributed by atoms with E-state index in [9.17, 15) is 23.7 Å². The first-order chi connectivity index (χ1) is 16.3. The average Bonchev–Trinajstić information content (AvgIpc) is 2.80. The largest absolute Gasteiger partial charge is 0.507 e. The second-order valence-corrected chi connectivity index (χ2v) is 9.97. The normalized spacial score (nSPS) is 11.7. The number of aromatic hydroxyl groups is 2. The number of aryl methyl sites for hydroxylation is 1. The van der Waals surface area contributed by atoms with Crippen LogP contribution in [0, 0.1) is 0 Å². The van der Waals surface area contributed by atoms with Gasteiger partial charge in [0.05, 0.1) is 17.1 Å². The van der Waals surface area contributed by atoms with Crippen LogP contribution in [0.1, 0.15) is 55.2 Å². The molecule has 0 amide bonds. The van der Waals surface area contributed by atoms with Gasteiger partial charge in [-0.3, -0.25) is 0 Å². The van der Waals surface area contributed by atoms with E-state index >= 15 is 0 Å². The van der Waals surface area contributed by atoms with Gasteiger partial charge in [-0.25, -0.2) is 13.6 Å². The highest BCUT2D eigenvalue weighted by atomic mass is 32.2. The number of aliphatic hydroxyl groups is 1. The number of benzene rings is 2. The van der Waals surface area contributed by atoms with E-state index in [4.69, 9.17) is 9.88 Å². The second-order valence-electron chi connectivity index (χ2n) is 8.41. The van der Waals surface area contributed by atoms with Crippen molar-refractivity contribution in [1.29, 1.82) is 0 Å². The molecule has 0 spiro atoms. The third kappa shape index (κ3) is 9.99. The fraction of sp³-hybridized carbons (Fsp3) is 0.520. The Morgan fingerprint density at radius 3 is 2.38 bits per heavy atom. The molecule has 0 aliphatic rings. The van der Waals surface area contributed by atoms with E-state index in [2.05, 4.69) is 5.32 Å². The van der Waals surface area contributed by atoms with Gasteiger partial charge in [-0.2, -0.15) is 0 Å². The zero-order valence-electron chi connectivity index (χ0n) is 19.7.